The van der Waals surface area contributed by atoms with Crippen molar-refractivity contribution in [1.29, 1.82) is 0 Å². The van der Waals surface area contributed by atoms with Crippen molar-refractivity contribution in [3.05, 3.63) is 42.3 Å². The Labute approximate surface area is 104 Å². The molecule has 0 spiro atoms. The fourth-order valence-electron chi connectivity index (χ4n) is 1.40. The van der Waals surface area contributed by atoms with E-state index in [2.05, 4.69) is 20.6 Å². The van der Waals surface area contributed by atoms with Gasteiger partial charge >= 0.3 is 0 Å². The summed E-state index contributed by atoms with van der Waals surface area (Å²) in [6.45, 7) is 0.438. The van der Waals surface area contributed by atoms with E-state index in [1.165, 1.54) is 12.1 Å². The number of aromatic nitrogens is 2. The summed E-state index contributed by atoms with van der Waals surface area (Å²) in [5.41, 5.74) is 0.578. The minimum Gasteiger partial charge on any atom is -0.395 e. The Morgan fingerprint density at radius 3 is 2.94 bits per heavy atom. The zero-order chi connectivity index (χ0) is 12.8. The van der Waals surface area contributed by atoms with Crippen LogP contribution in [0.5, 0.6) is 0 Å². The maximum atomic E-state index is 13.0. The predicted molar refractivity (Wildman–Crippen MR) is 67.3 cm³/mol. The van der Waals surface area contributed by atoms with Crippen LogP contribution in [0.25, 0.3) is 0 Å². The molecule has 0 saturated carbocycles. The molecular formula is C12H13FN4O. The van der Waals surface area contributed by atoms with Crippen molar-refractivity contribution in [3.63, 3.8) is 0 Å². The summed E-state index contributed by atoms with van der Waals surface area (Å²) < 4.78 is 13.0. The molecule has 0 aliphatic carbocycles. The van der Waals surface area contributed by atoms with Crippen molar-refractivity contribution < 1.29 is 9.50 Å². The molecule has 0 aliphatic rings. The summed E-state index contributed by atoms with van der Waals surface area (Å²) in [5.74, 6) is 0.635. The van der Waals surface area contributed by atoms with E-state index >= 15 is 0 Å². The zero-order valence-corrected chi connectivity index (χ0v) is 9.60. The molecule has 0 unspecified atom stereocenters. The summed E-state index contributed by atoms with van der Waals surface area (Å²) in [6, 6.07) is 7.74. The molecule has 1 aromatic heterocycles. The Balaban J connectivity index is 2.09. The van der Waals surface area contributed by atoms with Crippen molar-refractivity contribution in [3.8, 4) is 0 Å². The van der Waals surface area contributed by atoms with Crippen LogP contribution in [0.1, 0.15) is 0 Å². The highest BCUT2D eigenvalue weighted by atomic mass is 19.1. The lowest BCUT2D eigenvalue weighted by Crippen LogP contribution is -2.08. The summed E-state index contributed by atoms with van der Waals surface area (Å²) in [5, 5.41) is 14.5. The molecule has 3 N–H and O–H groups in total. The van der Waals surface area contributed by atoms with Gasteiger partial charge in [-0.15, -0.1) is 0 Å². The SMILES string of the molecule is OCCNc1ccnc(Nc2cccc(F)c2)n1. The third-order valence-electron chi connectivity index (χ3n) is 2.15. The highest BCUT2D eigenvalue weighted by Gasteiger charge is 2.00. The lowest BCUT2D eigenvalue weighted by Gasteiger charge is -2.07. The normalized spacial score (nSPS) is 10.1. The number of aliphatic hydroxyl groups is 1. The highest BCUT2D eigenvalue weighted by molar-refractivity contribution is 5.54. The van der Waals surface area contributed by atoms with Gasteiger partial charge < -0.3 is 15.7 Å². The van der Waals surface area contributed by atoms with Crippen molar-refractivity contribution in [2.24, 2.45) is 0 Å². The maximum absolute atomic E-state index is 13.0. The highest BCUT2D eigenvalue weighted by Crippen LogP contribution is 2.14. The molecule has 94 valence electrons. The number of anilines is 3. The lowest BCUT2D eigenvalue weighted by molar-refractivity contribution is 0.311. The van der Waals surface area contributed by atoms with Crippen LogP contribution in [0.2, 0.25) is 0 Å². The molecule has 18 heavy (non-hydrogen) atoms. The number of hydrogen-bond acceptors (Lipinski definition) is 5. The Morgan fingerprint density at radius 2 is 2.17 bits per heavy atom. The Kier molecular flexibility index (Phi) is 4.03. The molecule has 0 bridgehead atoms. The second kappa shape index (κ2) is 5.92. The number of nitrogens with one attached hydrogen (secondary N) is 2. The molecule has 2 aromatic rings. The van der Waals surface area contributed by atoms with Gasteiger partial charge in [-0.05, 0) is 24.3 Å². The molecule has 0 amide bonds. The van der Waals surface area contributed by atoms with E-state index in [0.29, 0.717) is 24.0 Å². The van der Waals surface area contributed by atoms with E-state index in [-0.39, 0.29) is 12.4 Å². The number of rotatable bonds is 5. The van der Waals surface area contributed by atoms with E-state index in [0.717, 1.165) is 0 Å². The monoisotopic (exact) mass is 248 g/mol. The number of hydrogen-bond donors (Lipinski definition) is 3. The molecule has 5 nitrogen and oxygen atoms in total. The average molecular weight is 248 g/mol. The first-order valence-corrected chi connectivity index (χ1v) is 5.48. The van der Waals surface area contributed by atoms with Crippen LogP contribution in [0.4, 0.5) is 21.8 Å². The minimum atomic E-state index is -0.324. The average Bonchev–Trinajstić information content (AvgIpc) is 2.37. The van der Waals surface area contributed by atoms with Crippen molar-refractivity contribution >= 4 is 17.5 Å². The van der Waals surface area contributed by atoms with Crippen LogP contribution in [-0.2, 0) is 0 Å². The fourth-order valence-corrected chi connectivity index (χ4v) is 1.40. The quantitative estimate of drug-likeness (QED) is 0.752. The van der Waals surface area contributed by atoms with E-state index < -0.39 is 0 Å². The molecule has 0 atom stereocenters. The van der Waals surface area contributed by atoms with Gasteiger partial charge in [-0.3, -0.25) is 0 Å². The Morgan fingerprint density at radius 1 is 1.28 bits per heavy atom. The van der Waals surface area contributed by atoms with E-state index in [4.69, 9.17) is 5.11 Å². The van der Waals surface area contributed by atoms with Gasteiger partial charge in [0.2, 0.25) is 5.95 Å². The van der Waals surface area contributed by atoms with E-state index in [1.807, 2.05) is 0 Å². The summed E-state index contributed by atoms with van der Waals surface area (Å²) >= 11 is 0. The van der Waals surface area contributed by atoms with Crippen molar-refractivity contribution in [1.82, 2.24) is 9.97 Å². The van der Waals surface area contributed by atoms with Crippen LogP contribution >= 0.6 is 0 Å². The lowest BCUT2D eigenvalue weighted by atomic mass is 10.3. The number of halogens is 1. The van der Waals surface area contributed by atoms with Gasteiger partial charge in [0.1, 0.15) is 11.6 Å². The third kappa shape index (κ3) is 3.39. The molecule has 1 heterocycles. The molecule has 0 fully saturated rings. The van der Waals surface area contributed by atoms with Gasteiger partial charge in [0, 0.05) is 18.4 Å². The second-order valence-corrected chi connectivity index (χ2v) is 3.55. The van der Waals surface area contributed by atoms with Crippen LogP contribution < -0.4 is 10.6 Å². The Bertz CT molecular complexity index is 521. The zero-order valence-electron chi connectivity index (χ0n) is 9.60. The van der Waals surface area contributed by atoms with E-state index in [9.17, 15) is 4.39 Å². The van der Waals surface area contributed by atoms with Gasteiger partial charge in [-0.25, -0.2) is 9.37 Å². The largest absolute Gasteiger partial charge is 0.395 e. The molecule has 0 radical (unpaired) electrons. The molecule has 1 aromatic carbocycles. The van der Waals surface area contributed by atoms with Crippen LogP contribution in [0.3, 0.4) is 0 Å². The van der Waals surface area contributed by atoms with Crippen molar-refractivity contribution in [2.75, 3.05) is 23.8 Å². The smallest absolute Gasteiger partial charge is 0.229 e. The van der Waals surface area contributed by atoms with Gasteiger partial charge in [0.25, 0.3) is 0 Å². The third-order valence-corrected chi connectivity index (χ3v) is 2.15. The fraction of sp³-hybridized carbons (Fsp3) is 0.167. The van der Waals surface area contributed by atoms with Crippen LogP contribution in [0.15, 0.2) is 36.5 Å². The summed E-state index contributed by atoms with van der Waals surface area (Å²) in [6.07, 6.45) is 1.58. The minimum absolute atomic E-state index is 0.0245. The standard InChI is InChI=1S/C12H13FN4O/c13-9-2-1-3-10(8-9)16-12-15-5-4-11(17-12)14-6-7-18/h1-5,8,18H,6-7H2,(H2,14,15,16,17). The second-order valence-electron chi connectivity index (χ2n) is 3.55. The topological polar surface area (TPSA) is 70.1 Å². The summed E-state index contributed by atoms with van der Waals surface area (Å²) in [4.78, 5) is 8.19. The number of aliphatic hydroxyl groups excluding tert-OH is 1. The Hall–Kier alpha value is -2.21. The van der Waals surface area contributed by atoms with Crippen molar-refractivity contribution in [2.45, 2.75) is 0 Å². The summed E-state index contributed by atoms with van der Waals surface area (Å²) in [7, 11) is 0. The number of nitrogens with zero attached hydrogens (tertiary/aromatic N) is 2. The van der Waals surface area contributed by atoms with E-state index in [1.54, 1.807) is 24.4 Å². The first-order chi connectivity index (χ1) is 8.78. The molecule has 2 rings (SSSR count). The van der Waals surface area contributed by atoms with Gasteiger partial charge in [0.05, 0.1) is 6.61 Å². The van der Waals surface area contributed by atoms with Gasteiger partial charge in [-0.1, -0.05) is 6.07 Å². The van der Waals surface area contributed by atoms with Gasteiger partial charge in [0.15, 0.2) is 0 Å². The van der Waals surface area contributed by atoms with Gasteiger partial charge in [-0.2, -0.15) is 4.98 Å². The molecule has 0 saturated heterocycles. The first-order valence-electron chi connectivity index (χ1n) is 5.48. The molecule has 0 aliphatic heterocycles. The van der Waals surface area contributed by atoms with Crippen LogP contribution in [-0.4, -0.2) is 28.2 Å². The first kappa shape index (κ1) is 12.3. The number of benzene rings is 1. The predicted octanol–water partition coefficient (Wildman–Crippen LogP) is 1.76. The molecule has 6 heteroatoms. The van der Waals surface area contributed by atoms with Crippen LogP contribution in [0, 0.1) is 5.82 Å². The molecular weight excluding hydrogens is 235 g/mol. The maximum Gasteiger partial charge on any atom is 0.229 e.